The molecule has 0 fully saturated rings. The number of carbonyl (C=O) groups excluding carboxylic acids is 1. The minimum absolute atomic E-state index is 0.148. The summed E-state index contributed by atoms with van der Waals surface area (Å²) in [6, 6.07) is 15.9. The van der Waals surface area contributed by atoms with Gasteiger partial charge in [-0.15, -0.1) is 5.10 Å². The average molecular weight is 400 g/mol. The minimum Gasteiger partial charge on any atom is -0.322 e. The van der Waals surface area contributed by atoms with Gasteiger partial charge in [0.1, 0.15) is 0 Å². The van der Waals surface area contributed by atoms with E-state index in [0.29, 0.717) is 17.1 Å². The molecule has 0 bridgehead atoms. The van der Waals surface area contributed by atoms with Crippen LogP contribution >= 0.6 is 0 Å². The van der Waals surface area contributed by atoms with Crippen molar-refractivity contribution in [2.45, 2.75) is 34.6 Å². The maximum absolute atomic E-state index is 13.1. The van der Waals surface area contributed by atoms with Crippen LogP contribution in [0.4, 0.5) is 5.69 Å². The lowest BCUT2D eigenvalue weighted by molar-refractivity contribution is 0.102. The molecular formula is C23H24N6O. The second-order valence-corrected chi connectivity index (χ2v) is 7.55. The van der Waals surface area contributed by atoms with E-state index in [4.69, 9.17) is 0 Å². The summed E-state index contributed by atoms with van der Waals surface area (Å²) in [7, 11) is 0. The molecule has 0 saturated heterocycles. The Kier molecular flexibility index (Phi) is 4.95. The van der Waals surface area contributed by atoms with E-state index in [1.54, 1.807) is 4.68 Å². The van der Waals surface area contributed by atoms with E-state index in [2.05, 4.69) is 50.5 Å². The van der Waals surface area contributed by atoms with Gasteiger partial charge in [-0.3, -0.25) is 4.79 Å². The summed E-state index contributed by atoms with van der Waals surface area (Å²) >= 11 is 0. The molecule has 4 aromatic rings. The highest BCUT2D eigenvalue weighted by Crippen LogP contribution is 2.24. The summed E-state index contributed by atoms with van der Waals surface area (Å²) < 4.78 is 3.77. The van der Waals surface area contributed by atoms with Gasteiger partial charge >= 0.3 is 0 Å². The molecule has 0 atom stereocenters. The van der Waals surface area contributed by atoms with Crippen molar-refractivity contribution in [2.75, 3.05) is 5.32 Å². The van der Waals surface area contributed by atoms with Gasteiger partial charge in [-0.05, 0) is 86.5 Å². The number of hydrogen-bond donors (Lipinski definition) is 1. The first-order valence-electron chi connectivity index (χ1n) is 9.78. The molecule has 0 aliphatic heterocycles. The van der Waals surface area contributed by atoms with Crippen LogP contribution < -0.4 is 5.32 Å². The number of aryl methyl sites for hydroxylation is 4. The molecule has 7 heteroatoms. The minimum atomic E-state index is -0.148. The zero-order valence-corrected chi connectivity index (χ0v) is 17.8. The summed E-state index contributed by atoms with van der Waals surface area (Å²) in [6.07, 6.45) is 0. The fraction of sp³-hybridized carbons (Fsp3) is 0.217. The molecule has 0 aliphatic rings. The average Bonchev–Trinajstić information content (AvgIpc) is 3.26. The fourth-order valence-electron chi connectivity index (χ4n) is 3.73. The second kappa shape index (κ2) is 7.59. The highest BCUT2D eigenvalue weighted by molar-refractivity contribution is 6.05. The normalized spacial score (nSPS) is 11.0. The van der Waals surface area contributed by atoms with Crippen LogP contribution in [0.1, 0.15) is 38.7 Å². The zero-order valence-electron chi connectivity index (χ0n) is 17.8. The highest BCUT2D eigenvalue weighted by Gasteiger charge is 2.18. The first kappa shape index (κ1) is 19.6. The third-order valence-electron chi connectivity index (χ3n) is 5.26. The van der Waals surface area contributed by atoms with E-state index >= 15 is 0 Å². The number of tetrazole rings is 1. The molecule has 2 heterocycles. The molecule has 2 aromatic carbocycles. The van der Waals surface area contributed by atoms with E-state index in [1.807, 2.05) is 58.0 Å². The Hall–Kier alpha value is -3.74. The number of benzene rings is 2. The number of rotatable bonds is 4. The van der Waals surface area contributed by atoms with Crippen molar-refractivity contribution >= 4 is 11.6 Å². The maximum Gasteiger partial charge on any atom is 0.257 e. The predicted octanol–water partition coefficient (Wildman–Crippen LogP) is 4.25. The standard InChI is InChI=1S/C23H24N6O/c1-14-7-6-8-20(11-14)28-16(3)12-21(17(28)4)23(30)24-19-10-9-15(2)22(13-19)29-18(5)25-26-27-29/h6-13H,1-5H3,(H,24,30). The van der Waals surface area contributed by atoms with Gasteiger partial charge in [0, 0.05) is 22.8 Å². The quantitative estimate of drug-likeness (QED) is 0.556. The van der Waals surface area contributed by atoms with Gasteiger partial charge in [-0.1, -0.05) is 18.2 Å². The van der Waals surface area contributed by atoms with Gasteiger partial charge in [0.25, 0.3) is 5.91 Å². The van der Waals surface area contributed by atoms with Crippen LogP contribution in [-0.4, -0.2) is 30.7 Å². The van der Waals surface area contributed by atoms with Crippen molar-refractivity contribution in [3.8, 4) is 11.4 Å². The number of nitrogens with one attached hydrogen (secondary N) is 1. The Bertz CT molecular complexity index is 1250. The summed E-state index contributed by atoms with van der Waals surface area (Å²) in [5.74, 6) is 0.536. The molecule has 0 aliphatic carbocycles. The third-order valence-corrected chi connectivity index (χ3v) is 5.26. The summed E-state index contributed by atoms with van der Waals surface area (Å²) in [5.41, 5.74) is 7.33. The van der Waals surface area contributed by atoms with Crippen LogP contribution in [-0.2, 0) is 0 Å². The van der Waals surface area contributed by atoms with Crippen molar-refractivity contribution in [1.29, 1.82) is 0 Å². The van der Waals surface area contributed by atoms with Gasteiger partial charge in [-0.2, -0.15) is 4.68 Å². The van der Waals surface area contributed by atoms with E-state index in [9.17, 15) is 4.79 Å². The van der Waals surface area contributed by atoms with Crippen molar-refractivity contribution in [2.24, 2.45) is 0 Å². The van der Waals surface area contributed by atoms with Gasteiger partial charge < -0.3 is 9.88 Å². The van der Waals surface area contributed by atoms with E-state index in [0.717, 1.165) is 28.3 Å². The number of amides is 1. The summed E-state index contributed by atoms with van der Waals surface area (Å²) in [4.78, 5) is 13.1. The topological polar surface area (TPSA) is 77.6 Å². The predicted molar refractivity (Wildman–Crippen MR) is 117 cm³/mol. The number of anilines is 1. The van der Waals surface area contributed by atoms with Crippen LogP contribution in [0.15, 0.2) is 48.5 Å². The SMILES string of the molecule is Cc1cccc(-n2c(C)cc(C(=O)Nc3ccc(C)c(-n4nnnc4C)c3)c2C)c1. The van der Waals surface area contributed by atoms with Gasteiger partial charge in [-0.25, -0.2) is 0 Å². The van der Waals surface area contributed by atoms with E-state index in [-0.39, 0.29) is 5.91 Å². The first-order chi connectivity index (χ1) is 14.3. The van der Waals surface area contributed by atoms with Crippen LogP contribution in [0.5, 0.6) is 0 Å². The number of hydrogen-bond acceptors (Lipinski definition) is 4. The summed E-state index contributed by atoms with van der Waals surface area (Å²) in [5, 5.41) is 14.7. The van der Waals surface area contributed by atoms with Gasteiger partial charge in [0.2, 0.25) is 0 Å². The lowest BCUT2D eigenvalue weighted by Gasteiger charge is -2.12. The fourth-order valence-corrected chi connectivity index (χ4v) is 3.73. The molecule has 0 radical (unpaired) electrons. The molecule has 4 rings (SSSR count). The van der Waals surface area contributed by atoms with E-state index < -0.39 is 0 Å². The van der Waals surface area contributed by atoms with Crippen LogP contribution in [0.3, 0.4) is 0 Å². The maximum atomic E-state index is 13.1. The molecular weight excluding hydrogens is 376 g/mol. The number of aromatic nitrogens is 5. The first-order valence-corrected chi connectivity index (χ1v) is 9.78. The molecule has 0 unspecified atom stereocenters. The Morgan fingerprint density at radius 1 is 0.967 bits per heavy atom. The van der Waals surface area contributed by atoms with Gasteiger partial charge in [0.15, 0.2) is 5.82 Å². The third kappa shape index (κ3) is 3.50. The van der Waals surface area contributed by atoms with Crippen molar-refractivity contribution in [1.82, 2.24) is 24.8 Å². The summed E-state index contributed by atoms with van der Waals surface area (Å²) in [6.45, 7) is 9.86. The Labute approximate surface area is 175 Å². The van der Waals surface area contributed by atoms with Gasteiger partial charge in [0.05, 0.1) is 11.3 Å². The molecule has 0 spiro atoms. The Morgan fingerprint density at radius 3 is 2.47 bits per heavy atom. The molecule has 7 nitrogen and oxygen atoms in total. The molecule has 0 saturated carbocycles. The lowest BCUT2D eigenvalue weighted by atomic mass is 10.1. The Balaban J connectivity index is 1.66. The Morgan fingerprint density at radius 2 is 1.77 bits per heavy atom. The number of nitrogens with zero attached hydrogens (tertiary/aromatic N) is 5. The highest BCUT2D eigenvalue weighted by atomic mass is 16.1. The lowest BCUT2D eigenvalue weighted by Crippen LogP contribution is -2.14. The van der Waals surface area contributed by atoms with Crippen LogP contribution in [0, 0.1) is 34.6 Å². The molecule has 1 amide bonds. The van der Waals surface area contributed by atoms with Crippen LogP contribution in [0.25, 0.3) is 11.4 Å². The van der Waals surface area contributed by atoms with E-state index in [1.165, 1.54) is 5.56 Å². The second-order valence-electron chi connectivity index (χ2n) is 7.55. The van der Waals surface area contributed by atoms with Crippen molar-refractivity contribution < 1.29 is 4.79 Å². The molecule has 30 heavy (non-hydrogen) atoms. The molecule has 152 valence electrons. The van der Waals surface area contributed by atoms with Crippen molar-refractivity contribution in [3.63, 3.8) is 0 Å². The molecule has 2 aromatic heterocycles. The zero-order chi connectivity index (χ0) is 21.4. The van der Waals surface area contributed by atoms with Crippen LogP contribution in [0.2, 0.25) is 0 Å². The van der Waals surface area contributed by atoms with Crippen molar-refractivity contribution in [3.05, 3.63) is 82.4 Å². The monoisotopic (exact) mass is 400 g/mol. The smallest absolute Gasteiger partial charge is 0.257 e. The number of carbonyl (C=O) groups is 1. The molecule has 1 N–H and O–H groups in total. The largest absolute Gasteiger partial charge is 0.322 e.